The van der Waals surface area contributed by atoms with Crippen LogP contribution < -0.4 is 0 Å². The van der Waals surface area contributed by atoms with E-state index in [9.17, 15) is 19.2 Å². The molecule has 0 aliphatic rings. The van der Waals surface area contributed by atoms with Gasteiger partial charge in [0.1, 0.15) is 6.61 Å². The highest BCUT2D eigenvalue weighted by atomic mass is 16.6. The van der Waals surface area contributed by atoms with Crippen LogP contribution in [0.5, 0.6) is 0 Å². The summed E-state index contributed by atoms with van der Waals surface area (Å²) in [4.78, 5) is 43.1. The van der Waals surface area contributed by atoms with E-state index in [1.165, 1.54) is 0 Å². The Morgan fingerprint density at radius 3 is 1.78 bits per heavy atom. The van der Waals surface area contributed by atoms with E-state index in [0.29, 0.717) is 0 Å². The SMILES string of the molecule is CC(=O)OCC(OC(C)=O)C(OC(C)=O)C(=O)O. The highest BCUT2D eigenvalue weighted by Crippen LogP contribution is 2.07. The average molecular weight is 262 g/mol. The van der Waals surface area contributed by atoms with E-state index < -0.39 is 42.7 Å². The largest absolute Gasteiger partial charge is 0.478 e. The van der Waals surface area contributed by atoms with Gasteiger partial charge in [-0.1, -0.05) is 0 Å². The average Bonchev–Trinajstić information content (AvgIpc) is 2.19. The predicted octanol–water partition coefficient (Wildman–Crippen LogP) is -0.502. The monoisotopic (exact) mass is 262 g/mol. The molecule has 0 aromatic heterocycles. The minimum atomic E-state index is -1.73. The summed E-state index contributed by atoms with van der Waals surface area (Å²) in [6, 6.07) is 0. The Hall–Kier alpha value is -2.12. The molecule has 0 spiro atoms. The van der Waals surface area contributed by atoms with Crippen molar-refractivity contribution < 1.29 is 38.5 Å². The summed E-state index contributed by atoms with van der Waals surface area (Å²) in [6.45, 7) is 2.64. The van der Waals surface area contributed by atoms with E-state index in [1.807, 2.05) is 0 Å². The number of carbonyl (C=O) groups excluding carboxylic acids is 3. The van der Waals surface area contributed by atoms with Crippen molar-refractivity contribution in [2.45, 2.75) is 33.0 Å². The van der Waals surface area contributed by atoms with E-state index in [0.717, 1.165) is 20.8 Å². The van der Waals surface area contributed by atoms with E-state index in [4.69, 9.17) is 5.11 Å². The molecule has 0 saturated heterocycles. The number of ether oxygens (including phenoxy) is 3. The molecule has 8 heteroatoms. The zero-order valence-electron chi connectivity index (χ0n) is 10.2. The molecule has 0 heterocycles. The van der Waals surface area contributed by atoms with Gasteiger partial charge in [0.2, 0.25) is 6.10 Å². The highest BCUT2D eigenvalue weighted by Gasteiger charge is 2.34. The summed E-state index contributed by atoms with van der Waals surface area (Å²) in [5, 5.41) is 8.86. The van der Waals surface area contributed by atoms with Crippen LogP contribution in [0.25, 0.3) is 0 Å². The van der Waals surface area contributed by atoms with Crippen molar-refractivity contribution >= 4 is 23.9 Å². The zero-order valence-corrected chi connectivity index (χ0v) is 10.2. The van der Waals surface area contributed by atoms with Gasteiger partial charge < -0.3 is 19.3 Å². The topological polar surface area (TPSA) is 116 Å². The Kier molecular flexibility index (Phi) is 6.40. The third-order valence-electron chi connectivity index (χ3n) is 1.64. The maximum atomic E-state index is 10.9. The van der Waals surface area contributed by atoms with Crippen LogP contribution in [0.3, 0.4) is 0 Å². The number of carboxylic acids is 1. The molecule has 0 fully saturated rings. The van der Waals surface area contributed by atoms with E-state index in [1.54, 1.807) is 0 Å². The van der Waals surface area contributed by atoms with Gasteiger partial charge in [0.05, 0.1) is 0 Å². The molecule has 0 amide bonds. The Balaban J connectivity index is 4.84. The van der Waals surface area contributed by atoms with Crippen molar-refractivity contribution in [1.82, 2.24) is 0 Å². The highest BCUT2D eigenvalue weighted by molar-refractivity contribution is 5.78. The molecule has 0 aliphatic carbocycles. The van der Waals surface area contributed by atoms with Gasteiger partial charge in [0.15, 0.2) is 6.10 Å². The third kappa shape index (κ3) is 6.46. The van der Waals surface area contributed by atoms with Crippen molar-refractivity contribution in [2.24, 2.45) is 0 Å². The molecule has 0 aromatic carbocycles. The van der Waals surface area contributed by atoms with Crippen molar-refractivity contribution in [2.75, 3.05) is 6.61 Å². The normalized spacial score (nSPS) is 13.1. The van der Waals surface area contributed by atoms with Gasteiger partial charge in [-0.2, -0.15) is 0 Å². The number of carboxylic acid groups (broad SMARTS) is 1. The van der Waals surface area contributed by atoms with Crippen molar-refractivity contribution in [3.8, 4) is 0 Å². The first-order valence-corrected chi connectivity index (χ1v) is 4.94. The Labute approximate surface area is 103 Å². The molecular weight excluding hydrogens is 248 g/mol. The fourth-order valence-corrected chi connectivity index (χ4v) is 1.06. The minimum absolute atomic E-state index is 0.515. The summed E-state index contributed by atoms with van der Waals surface area (Å²) in [5.74, 6) is -3.84. The van der Waals surface area contributed by atoms with Crippen LogP contribution in [0, 0.1) is 0 Å². The number of rotatable bonds is 6. The van der Waals surface area contributed by atoms with Crippen molar-refractivity contribution in [3.63, 3.8) is 0 Å². The quantitative estimate of drug-likeness (QED) is 0.503. The first-order valence-electron chi connectivity index (χ1n) is 4.94. The first-order chi connectivity index (χ1) is 8.23. The molecule has 102 valence electrons. The van der Waals surface area contributed by atoms with Crippen LogP contribution in [0.15, 0.2) is 0 Å². The van der Waals surface area contributed by atoms with Crippen LogP contribution in [-0.2, 0) is 33.4 Å². The van der Waals surface area contributed by atoms with Gasteiger partial charge in [-0.25, -0.2) is 4.79 Å². The molecular formula is C10H14O8. The summed E-state index contributed by atoms with van der Waals surface area (Å²) in [5.41, 5.74) is 0. The van der Waals surface area contributed by atoms with Crippen LogP contribution in [0.2, 0.25) is 0 Å². The van der Waals surface area contributed by atoms with E-state index >= 15 is 0 Å². The lowest BCUT2D eigenvalue weighted by atomic mass is 10.2. The standard InChI is InChI=1S/C10H14O8/c1-5(11)16-4-8(17-6(2)12)9(10(14)15)18-7(3)13/h8-9H,4H2,1-3H3,(H,14,15). The molecule has 0 rings (SSSR count). The lowest BCUT2D eigenvalue weighted by Gasteiger charge is -2.22. The second-order valence-corrected chi connectivity index (χ2v) is 3.32. The summed E-state index contributed by atoms with van der Waals surface area (Å²) < 4.78 is 13.7. The molecule has 1 N–H and O–H groups in total. The molecule has 2 atom stereocenters. The Bertz CT molecular complexity index is 348. The van der Waals surface area contributed by atoms with Gasteiger partial charge in [-0.15, -0.1) is 0 Å². The molecule has 8 nitrogen and oxygen atoms in total. The van der Waals surface area contributed by atoms with Gasteiger partial charge in [-0.05, 0) is 0 Å². The number of carbonyl (C=O) groups is 4. The molecule has 0 bridgehead atoms. The van der Waals surface area contributed by atoms with E-state index in [2.05, 4.69) is 14.2 Å². The number of hydrogen-bond donors (Lipinski definition) is 1. The van der Waals surface area contributed by atoms with Gasteiger partial charge in [0.25, 0.3) is 0 Å². The Morgan fingerprint density at radius 2 is 1.44 bits per heavy atom. The summed E-state index contributed by atoms with van der Waals surface area (Å²) in [6.07, 6.45) is -3.13. The van der Waals surface area contributed by atoms with Crippen molar-refractivity contribution in [1.29, 1.82) is 0 Å². The molecule has 0 aromatic rings. The molecule has 0 aliphatic heterocycles. The number of aliphatic carboxylic acids is 1. The second-order valence-electron chi connectivity index (χ2n) is 3.32. The van der Waals surface area contributed by atoms with Gasteiger partial charge in [0, 0.05) is 20.8 Å². The maximum absolute atomic E-state index is 10.9. The van der Waals surface area contributed by atoms with Crippen LogP contribution in [0.4, 0.5) is 0 Å². The van der Waals surface area contributed by atoms with Crippen molar-refractivity contribution in [3.05, 3.63) is 0 Å². The maximum Gasteiger partial charge on any atom is 0.349 e. The molecule has 18 heavy (non-hydrogen) atoms. The Morgan fingerprint density at radius 1 is 0.944 bits per heavy atom. The fourth-order valence-electron chi connectivity index (χ4n) is 1.06. The van der Waals surface area contributed by atoms with Crippen LogP contribution in [0.1, 0.15) is 20.8 Å². The number of hydrogen-bond acceptors (Lipinski definition) is 7. The second kappa shape index (κ2) is 7.25. The minimum Gasteiger partial charge on any atom is -0.478 e. The zero-order chi connectivity index (χ0) is 14.3. The number of esters is 3. The molecule has 2 unspecified atom stereocenters. The predicted molar refractivity (Wildman–Crippen MR) is 55.4 cm³/mol. The summed E-state index contributed by atoms with van der Waals surface area (Å²) >= 11 is 0. The van der Waals surface area contributed by atoms with Gasteiger partial charge >= 0.3 is 23.9 Å². The molecule has 0 saturated carbocycles. The third-order valence-corrected chi connectivity index (χ3v) is 1.64. The van der Waals surface area contributed by atoms with Gasteiger partial charge in [-0.3, -0.25) is 14.4 Å². The lowest BCUT2D eigenvalue weighted by molar-refractivity contribution is -0.183. The van der Waals surface area contributed by atoms with E-state index in [-0.39, 0.29) is 0 Å². The summed E-state index contributed by atoms with van der Waals surface area (Å²) in [7, 11) is 0. The fraction of sp³-hybridized carbons (Fsp3) is 0.600. The first kappa shape index (κ1) is 15.9. The smallest absolute Gasteiger partial charge is 0.349 e. The molecule has 0 radical (unpaired) electrons. The van der Waals surface area contributed by atoms with Crippen LogP contribution in [-0.4, -0.2) is 47.8 Å². The lowest BCUT2D eigenvalue weighted by Crippen LogP contribution is -2.43. The van der Waals surface area contributed by atoms with Crippen LogP contribution >= 0.6 is 0 Å².